The maximum atomic E-state index is 11.4. The topological polar surface area (TPSA) is 90.0 Å². The average molecular weight is 286 g/mol. The predicted octanol–water partition coefficient (Wildman–Crippen LogP) is 1.20. The Bertz CT molecular complexity index is 563. The summed E-state index contributed by atoms with van der Waals surface area (Å²) in [4.78, 5) is 0. The minimum absolute atomic E-state index is 0.167. The number of aromatic nitrogens is 2. The summed E-state index contributed by atoms with van der Waals surface area (Å²) in [5, 5.41) is 7.67. The summed E-state index contributed by atoms with van der Waals surface area (Å²) in [6.45, 7) is 6.58. The van der Waals surface area contributed by atoms with Crippen LogP contribution < -0.4 is 11.1 Å². The van der Waals surface area contributed by atoms with Crippen LogP contribution in [0.2, 0.25) is 0 Å². The molecule has 0 saturated carbocycles. The van der Waals surface area contributed by atoms with Gasteiger partial charge in [-0.05, 0) is 33.1 Å². The number of hydrogen-bond acceptors (Lipinski definition) is 5. The van der Waals surface area contributed by atoms with E-state index in [1.165, 1.54) is 0 Å². The molecule has 1 aromatic heterocycles. The first-order chi connectivity index (χ1) is 8.80. The average Bonchev–Trinajstić information content (AvgIpc) is 2.79. The highest BCUT2D eigenvalue weighted by Crippen LogP contribution is 2.27. The van der Waals surface area contributed by atoms with Crippen molar-refractivity contribution in [2.45, 2.75) is 33.2 Å². The number of sulfone groups is 1. The number of rotatable bonds is 4. The van der Waals surface area contributed by atoms with Gasteiger partial charge in [0.15, 0.2) is 9.84 Å². The Labute approximate surface area is 114 Å². The van der Waals surface area contributed by atoms with Crippen molar-refractivity contribution in [3.63, 3.8) is 0 Å². The molecule has 7 heteroatoms. The molecule has 0 spiro atoms. The van der Waals surface area contributed by atoms with Crippen molar-refractivity contribution >= 4 is 21.3 Å². The van der Waals surface area contributed by atoms with Gasteiger partial charge in [0.2, 0.25) is 0 Å². The van der Waals surface area contributed by atoms with Crippen LogP contribution in [0.15, 0.2) is 0 Å². The molecule has 2 heterocycles. The second-order valence-corrected chi connectivity index (χ2v) is 7.76. The second kappa shape index (κ2) is 5.03. The van der Waals surface area contributed by atoms with Crippen molar-refractivity contribution in [1.29, 1.82) is 0 Å². The fourth-order valence-corrected chi connectivity index (χ4v) is 4.25. The van der Waals surface area contributed by atoms with Crippen LogP contribution in [-0.4, -0.2) is 36.2 Å². The van der Waals surface area contributed by atoms with Crippen molar-refractivity contribution in [2.75, 3.05) is 29.1 Å². The lowest BCUT2D eigenvalue weighted by atomic mass is 10.1. The van der Waals surface area contributed by atoms with Gasteiger partial charge in [0.1, 0.15) is 5.82 Å². The summed E-state index contributed by atoms with van der Waals surface area (Å²) in [6.07, 6.45) is 0.726. The van der Waals surface area contributed by atoms with Gasteiger partial charge >= 0.3 is 0 Å². The summed E-state index contributed by atoms with van der Waals surface area (Å²) in [5.41, 5.74) is 7.46. The third kappa shape index (κ3) is 3.02. The molecule has 1 atom stereocenters. The number of anilines is 2. The molecule has 1 saturated heterocycles. The summed E-state index contributed by atoms with van der Waals surface area (Å²) in [5.74, 6) is 1.54. The fourth-order valence-electron chi connectivity index (χ4n) is 2.38. The normalized spacial score (nSPS) is 22.0. The van der Waals surface area contributed by atoms with Crippen LogP contribution in [0, 0.1) is 12.8 Å². The molecule has 3 N–H and O–H groups in total. The van der Waals surface area contributed by atoms with Crippen LogP contribution in [-0.2, 0) is 9.84 Å². The van der Waals surface area contributed by atoms with Gasteiger partial charge < -0.3 is 11.1 Å². The largest absolute Gasteiger partial charge is 0.394 e. The van der Waals surface area contributed by atoms with E-state index in [9.17, 15) is 8.42 Å². The highest BCUT2D eigenvalue weighted by molar-refractivity contribution is 7.91. The molecule has 0 radical (unpaired) electrons. The van der Waals surface area contributed by atoms with E-state index >= 15 is 0 Å². The summed E-state index contributed by atoms with van der Waals surface area (Å²) >= 11 is 0. The first-order valence-electron chi connectivity index (χ1n) is 6.59. The Hall–Kier alpha value is -1.24. The summed E-state index contributed by atoms with van der Waals surface area (Å²) in [6, 6.07) is 0.214. The molecule has 1 aliphatic heterocycles. The Balaban J connectivity index is 2.08. The number of nitrogens with zero attached hydrogens (tertiary/aromatic N) is 2. The molecule has 0 aliphatic carbocycles. The third-order valence-electron chi connectivity index (χ3n) is 3.51. The second-order valence-electron chi connectivity index (χ2n) is 5.54. The van der Waals surface area contributed by atoms with E-state index in [0.29, 0.717) is 18.0 Å². The molecule has 0 aromatic carbocycles. The number of nitrogen functional groups attached to an aromatic ring is 1. The maximum Gasteiger partial charge on any atom is 0.150 e. The third-order valence-corrected chi connectivity index (χ3v) is 5.34. The molecular formula is C12H22N4O2S. The van der Waals surface area contributed by atoms with Gasteiger partial charge in [-0.2, -0.15) is 5.10 Å². The molecule has 19 heavy (non-hydrogen) atoms. The monoisotopic (exact) mass is 286 g/mol. The smallest absolute Gasteiger partial charge is 0.150 e. The van der Waals surface area contributed by atoms with Gasteiger partial charge in [0.05, 0.1) is 22.9 Å². The van der Waals surface area contributed by atoms with Crippen LogP contribution in [0.5, 0.6) is 0 Å². The van der Waals surface area contributed by atoms with Crippen molar-refractivity contribution in [2.24, 2.45) is 5.92 Å². The Kier molecular flexibility index (Phi) is 3.75. The fraction of sp³-hybridized carbons (Fsp3) is 0.750. The summed E-state index contributed by atoms with van der Waals surface area (Å²) in [7, 11) is -2.82. The molecule has 1 unspecified atom stereocenters. The molecule has 1 fully saturated rings. The number of nitrogens with two attached hydrogens (primary N) is 1. The Morgan fingerprint density at radius 2 is 2.21 bits per heavy atom. The highest BCUT2D eigenvalue weighted by atomic mass is 32.2. The number of nitrogens with one attached hydrogen (secondary N) is 1. The van der Waals surface area contributed by atoms with E-state index in [2.05, 4.69) is 10.4 Å². The van der Waals surface area contributed by atoms with E-state index in [1.54, 1.807) is 0 Å². The standard InChI is InChI=1S/C12H22N4O2S/c1-8(2)16-12(11(13)9(3)15-16)14-6-10-4-5-19(17,18)7-10/h8,10,14H,4-7,13H2,1-3H3. The van der Waals surface area contributed by atoms with E-state index < -0.39 is 9.84 Å². The lowest BCUT2D eigenvalue weighted by Gasteiger charge is -2.15. The first kappa shape index (κ1) is 14.2. The van der Waals surface area contributed by atoms with E-state index in [1.807, 2.05) is 25.5 Å². The van der Waals surface area contributed by atoms with Crippen LogP contribution in [0.25, 0.3) is 0 Å². The van der Waals surface area contributed by atoms with Crippen LogP contribution in [0.1, 0.15) is 32.0 Å². The van der Waals surface area contributed by atoms with Crippen molar-refractivity contribution in [3.8, 4) is 0 Å². The van der Waals surface area contributed by atoms with Crippen LogP contribution >= 0.6 is 0 Å². The lowest BCUT2D eigenvalue weighted by Crippen LogP contribution is -2.19. The summed E-state index contributed by atoms with van der Waals surface area (Å²) < 4.78 is 24.7. The lowest BCUT2D eigenvalue weighted by molar-refractivity contribution is 0.529. The Morgan fingerprint density at radius 3 is 2.74 bits per heavy atom. The molecule has 108 valence electrons. The van der Waals surface area contributed by atoms with Crippen molar-refractivity contribution in [1.82, 2.24) is 9.78 Å². The Morgan fingerprint density at radius 1 is 1.53 bits per heavy atom. The zero-order chi connectivity index (χ0) is 14.2. The van der Waals surface area contributed by atoms with Gasteiger partial charge in [-0.1, -0.05) is 0 Å². The number of aryl methyl sites for hydroxylation is 1. The molecule has 1 aromatic rings. The number of hydrogen-bond donors (Lipinski definition) is 2. The zero-order valence-electron chi connectivity index (χ0n) is 11.7. The minimum atomic E-state index is -2.82. The highest BCUT2D eigenvalue weighted by Gasteiger charge is 2.28. The molecule has 1 aliphatic rings. The van der Waals surface area contributed by atoms with E-state index in [4.69, 9.17) is 5.73 Å². The predicted molar refractivity (Wildman–Crippen MR) is 77.0 cm³/mol. The maximum absolute atomic E-state index is 11.4. The van der Waals surface area contributed by atoms with E-state index in [-0.39, 0.29) is 17.7 Å². The van der Waals surface area contributed by atoms with Crippen molar-refractivity contribution in [3.05, 3.63) is 5.69 Å². The van der Waals surface area contributed by atoms with Gasteiger partial charge in [0.25, 0.3) is 0 Å². The molecule has 0 amide bonds. The zero-order valence-corrected chi connectivity index (χ0v) is 12.5. The minimum Gasteiger partial charge on any atom is -0.394 e. The molecule has 0 bridgehead atoms. The van der Waals surface area contributed by atoms with Gasteiger partial charge in [-0.3, -0.25) is 0 Å². The van der Waals surface area contributed by atoms with Gasteiger partial charge in [-0.15, -0.1) is 0 Å². The van der Waals surface area contributed by atoms with Crippen LogP contribution in [0.4, 0.5) is 11.5 Å². The van der Waals surface area contributed by atoms with E-state index in [0.717, 1.165) is 17.9 Å². The van der Waals surface area contributed by atoms with Gasteiger partial charge in [-0.25, -0.2) is 13.1 Å². The van der Waals surface area contributed by atoms with Crippen LogP contribution in [0.3, 0.4) is 0 Å². The molecule has 6 nitrogen and oxygen atoms in total. The molecule has 2 rings (SSSR count). The molecular weight excluding hydrogens is 264 g/mol. The van der Waals surface area contributed by atoms with Crippen molar-refractivity contribution < 1.29 is 8.42 Å². The first-order valence-corrected chi connectivity index (χ1v) is 8.41. The SMILES string of the molecule is Cc1nn(C(C)C)c(NCC2CCS(=O)(=O)C2)c1N. The quantitative estimate of drug-likeness (QED) is 0.868. The van der Waals surface area contributed by atoms with Gasteiger partial charge in [0, 0.05) is 12.6 Å².